The van der Waals surface area contributed by atoms with Crippen molar-refractivity contribution < 1.29 is 0 Å². The molecule has 0 amide bonds. The minimum absolute atomic E-state index is 0.423. The highest BCUT2D eigenvalue weighted by Crippen LogP contribution is 2.40. The first-order valence-electron chi connectivity index (χ1n) is 22.2. The predicted octanol–water partition coefficient (Wildman–Crippen LogP) is 13.1. The van der Waals surface area contributed by atoms with Crippen LogP contribution < -0.4 is 11.1 Å². The number of hydrogen-bond donors (Lipinski definition) is 2. The summed E-state index contributed by atoms with van der Waals surface area (Å²) >= 11 is 0. The van der Waals surface area contributed by atoms with Gasteiger partial charge in [0.15, 0.2) is 5.84 Å². The van der Waals surface area contributed by atoms with Crippen molar-refractivity contribution in [1.82, 2.24) is 19.8 Å². The van der Waals surface area contributed by atoms with Crippen LogP contribution in [-0.2, 0) is 13.0 Å². The third-order valence-corrected chi connectivity index (χ3v) is 11.2. The van der Waals surface area contributed by atoms with Crippen LogP contribution >= 0.6 is 0 Å². The molecule has 2 fully saturated rings. The topological polar surface area (TPSA) is 82.7 Å². The standard InChI is InChI=1S/C44H53N7.C4H8.C2H6.2C2H4/c1-28(2)22-35-23-33(27-50-19-9-10-20-50)25-46-43(35)44(45)49-39-14-8-7-12-36(31(39)5)37-13-11-15-38(30(37)4)47-32(6)40-17-16-34-24-41(42(34)48-40)51-21-18-29(3)26-51;1-3-4-2;3*1-2/h8,11-17,22-23,25,29,41,47H,6-7,9-10,18-21,24,26-27H2,1-5H3,(H2,45,49);3-4H,1-2H3;1-2H3;2*1-2H2/b;4-3-;;;. The zero-order valence-corrected chi connectivity index (χ0v) is 39.1. The van der Waals surface area contributed by atoms with Gasteiger partial charge in [-0.25, -0.2) is 9.98 Å². The molecule has 7 rings (SSSR count). The van der Waals surface area contributed by atoms with E-state index in [-0.39, 0.29) is 0 Å². The van der Waals surface area contributed by atoms with E-state index >= 15 is 0 Å². The van der Waals surface area contributed by atoms with Crippen LogP contribution in [0.2, 0.25) is 0 Å². The number of aliphatic imine (C=N–C) groups is 1. The molecule has 1 aromatic carbocycles. The van der Waals surface area contributed by atoms with E-state index < -0.39 is 0 Å². The number of pyridine rings is 2. The van der Waals surface area contributed by atoms with Crippen LogP contribution in [0.15, 0.2) is 128 Å². The van der Waals surface area contributed by atoms with Crippen LogP contribution in [0.3, 0.4) is 0 Å². The van der Waals surface area contributed by atoms with Crippen molar-refractivity contribution >= 4 is 28.9 Å². The summed E-state index contributed by atoms with van der Waals surface area (Å²) < 4.78 is 0. The van der Waals surface area contributed by atoms with E-state index in [1.807, 2.05) is 46.0 Å². The molecular weight excluding hydrogens is 747 g/mol. The van der Waals surface area contributed by atoms with Gasteiger partial charge in [0.1, 0.15) is 5.69 Å². The number of nitrogens with one attached hydrogen (secondary N) is 1. The molecule has 7 heteroatoms. The van der Waals surface area contributed by atoms with Crippen molar-refractivity contribution in [2.45, 2.75) is 107 Å². The van der Waals surface area contributed by atoms with E-state index in [2.05, 4.69) is 143 Å². The van der Waals surface area contributed by atoms with Gasteiger partial charge in [-0.1, -0.05) is 81.5 Å². The molecule has 0 radical (unpaired) electrons. The number of likely N-dealkylation sites (tertiary alicyclic amines) is 2. The number of rotatable bonds is 10. The fourth-order valence-electron chi connectivity index (χ4n) is 8.00. The summed E-state index contributed by atoms with van der Waals surface area (Å²) in [7, 11) is 0. The zero-order valence-electron chi connectivity index (χ0n) is 39.1. The highest BCUT2D eigenvalue weighted by Gasteiger charge is 2.36. The highest BCUT2D eigenvalue weighted by molar-refractivity contribution is 6.00. The van der Waals surface area contributed by atoms with Gasteiger partial charge in [0, 0.05) is 30.5 Å². The van der Waals surface area contributed by atoms with Crippen molar-refractivity contribution in [2.24, 2.45) is 16.6 Å². The van der Waals surface area contributed by atoms with Gasteiger partial charge in [-0.2, -0.15) is 0 Å². The van der Waals surface area contributed by atoms with Gasteiger partial charge in [0.05, 0.1) is 28.8 Å². The molecule has 0 saturated carbocycles. The van der Waals surface area contributed by atoms with Crippen LogP contribution in [0.4, 0.5) is 5.69 Å². The SMILES string of the molecule is C/C=C\C.C=C.C=C.C=C(Nc1cccc(C2=CCC=CC(N=C(N)c3ncc(CN4CCCC4)cc3C=C(C)C)=C2C)c1C)c1ccc2c(n1)C(N1CCC(C)C1)C2.CC. The summed E-state index contributed by atoms with van der Waals surface area (Å²) in [6.07, 6.45) is 20.4. The molecule has 4 heterocycles. The summed E-state index contributed by atoms with van der Waals surface area (Å²) in [4.78, 5) is 20.1. The monoisotopic (exact) mass is 822 g/mol. The summed E-state index contributed by atoms with van der Waals surface area (Å²) in [5.41, 5.74) is 21.6. The lowest BCUT2D eigenvalue weighted by Crippen LogP contribution is -2.35. The van der Waals surface area contributed by atoms with E-state index in [1.165, 1.54) is 54.7 Å². The molecule has 7 nitrogen and oxygen atoms in total. The van der Waals surface area contributed by atoms with E-state index in [0.29, 0.717) is 11.9 Å². The second kappa shape index (κ2) is 25.4. The lowest BCUT2D eigenvalue weighted by Gasteiger charge is -2.36. The van der Waals surface area contributed by atoms with Crippen molar-refractivity contribution in [1.29, 1.82) is 0 Å². The van der Waals surface area contributed by atoms with Crippen molar-refractivity contribution in [3.05, 3.63) is 168 Å². The van der Waals surface area contributed by atoms with Gasteiger partial charge in [-0.15, -0.1) is 26.3 Å². The number of nitrogens with zero attached hydrogens (tertiary/aromatic N) is 5. The van der Waals surface area contributed by atoms with Crippen LogP contribution in [-0.4, -0.2) is 51.8 Å². The Morgan fingerprint density at radius 1 is 1.00 bits per heavy atom. The fraction of sp³-hybridized carbons (Fsp3) is 0.389. The van der Waals surface area contributed by atoms with E-state index in [9.17, 15) is 0 Å². The number of amidine groups is 1. The van der Waals surface area contributed by atoms with Gasteiger partial charge >= 0.3 is 0 Å². The summed E-state index contributed by atoms with van der Waals surface area (Å²) in [6.45, 7) is 40.8. The molecule has 3 N–H and O–H groups in total. The Balaban J connectivity index is 0.000000914. The van der Waals surface area contributed by atoms with Crippen LogP contribution in [0, 0.1) is 12.8 Å². The molecule has 4 aliphatic rings. The van der Waals surface area contributed by atoms with Crippen molar-refractivity contribution in [3.63, 3.8) is 0 Å². The van der Waals surface area contributed by atoms with E-state index in [1.54, 1.807) is 0 Å². The minimum Gasteiger partial charge on any atom is -0.382 e. The van der Waals surface area contributed by atoms with Gasteiger partial charge in [-0.05, 0) is 157 Å². The third kappa shape index (κ3) is 13.3. The summed E-state index contributed by atoms with van der Waals surface area (Å²) in [5, 5.41) is 3.62. The number of benzene rings is 1. The molecule has 2 aliphatic heterocycles. The third-order valence-electron chi connectivity index (χ3n) is 11.2. The van der Waals surface area contributed by atoms with Crippen molar-refractivity contribution in [2.75, 3.05) is 31.5 Å². The van der Waals surface area contributed by atoms with Crippen LogP contribution in [0.25, 0.3) is 17.3 Å². The van der Waals surface area contributed by atoms with Gasteiger partial charge in [-0.3, -0.25) is 14.8 Å². The maximum absolute atomic E-state index is 6.78. The summed E-state index contributed by atoms with van der Waals surface area (Å²) in [6, 6.07) is 13.4. The van der Waals surface area contributed by atoms with Gasteiger partial charge in [0.25, 0.3) is 0 Å². The molecule has 2 saturated heterocycles. The molecule has 3 aromatic rings. The molecular formula is C54H75N7. The largest absolute Gasteiger partial charge is 0.382 e. The van der Waals surface area contributed by atoms with Gasteiger partial charge < -0.3 is 11.1 Å². The molecule has 2 aromatic heterocycles. The number of nitrogens with two attached hydrogens (primary N) is 1. The summed E-state index contributed by atoms with van der Waals surface area (Å²) in [5.74, 6) is 1.19. The average molecular weight is 822 g/mol. The Hall–Kier alpha value is -5.37. The molecule has 0 spiro atoms. The second-order valence-corrected chi connectivity index (χ2v) is 15.8. The number of allylic oxidation sites excluding steroid dienone is 8. The number of anilines is 1. The highest BCUT2D eigenvalue weighted by atomic mass is 15.2. The average Bonchev–Trinajstić information content (AvgIpc) is 3.91. The number of aromatic nitrogens is 2. The van der Waals surface area contributed by atoms with Crippen LogP contribution in [0.5, 0.6) is 0 Å². The second-order valence-electron chi connectivity index (χ2n) is 15.8. The first-order chi connectivity index (χ1) is 29.6. The predicted molar refractivity (Wildman–Crippen MR) is 267 cm³/mol. The smallest absolute Gasteiger partial charge is 0.150 e. The molecule has 2 aliphatic carbocycles. The van der Waals surface area contributed by atoms with E-state index in [4.69, 9.17) is 20.7 Å². The molecule has 61 heavy (non-hydrogen) atoms. The maximum atomic E-state index is 6.78. The normalized spacial score (nSPS) is 18.3. The Kier molecular flexibility index (Phi) is 20.8. The van der Waals surface area contributed by atoms with Gasteiger partial charge in [0.2, 0.25) is 0 Å². The first kappa shape index (κ1) is 50.0. The molecule has 0 bridgehead atoms. The molecule has 326 valence electrons. The number of hydrogen-bond acceptors (Lipinski definition) is 6. The lowest BCUT2D eigenvalue weighted by molar-refractivity contribution is 0.208. The van der Waals surface area contributed by atoms with Crippen LogP contribution in [0.1, 0.15) is 132 Å². The Bertz CT molecular complexity index is 2100. The quantitative estimate of drug-likeness (QED) is 0.120. The number of fused-ring (bicyclic) bond motifs is 1. The lowest BCUT2D eigenvalue weighted by atomic mass is 9.86. The molecule has 2 atom stereocenters. The molecule has 2 unspecified atom stereocenters. The Labute approximate surface area is 370 Å². The minimum atomic E-state index is 0.423. The first-order valence-corrected chi connectivity index (χ1v) is 22.2. The maximum Gasteiger partial charge on any atom is 0.150 e. The Morgan fingerprint density at radius 2 is 1.70 bits per heavy atom. The van der Waals surface area contributed by atoms with Crippen molar-refractivity contribution in [3.8, 4) is 0 Å². The zero-order chi connectivity index (χ0) is 45.1. The fourth-order valence-corrected chi connectivity index (χ4v) is 8.00. The van der Waals surface area contributed by atoms with E-state index in [0.717, 1.165) is 94.7 Å². The Morgan fingerprint density at radius 3 is 2.34 bits per heavy atom.